The van der Waals surface area contributed by atoms with E-state index >= 15 is 0 Å². The number of hydrogen-bond acceptors (Lipinski definition) is 4. The monoisotopic (exact) mass is 439 g/mol. The summed E-state index contributed by atoms with van der Waals surface area (Å²) in [5, 5.41) is 0.308. The molecule has 0 radical (unpaired) electrons. The van der Waals surface area contributed by atoms with Crippen LogP contribution in [0, 0.1) is 0 Å². The van der Waals surface area contributed by atoms with Gasteiger partial charge in [-0.1, -0.05) is 36.4 Å². The highest BCUT2D eigenvalue weighted by atomic mass is 19.4. The molecule has 5 nitrogen and oxygen atoms in total. The van der Waals surface area contributed by atoms with Crippen molar-refractivity contribution in [3.05, 3.63) is 94.2 Å². The number of aromatic nitrogens is 3. The van der Waals surface area contributed by atoms with Crippen molar-refractivity contribution in [2.75, 3.05) is 6.61 Å². The molecule has 0 unspecified atom stereocenters. The fraction of sp³-hybridized carbons (Fsp3) is 0.208. The minimum atomic E-state index is -4.54. The Morgan fingerprint density at radius 3 is 2.59 bits per heavy atom. The van der Waals surface area contributed by atoms with Gasteiger partial charge in [-0.3, -0.25) is 9.78 Å². The van der Waals surface area contributed by atoms with Gasteiger partial charge in [-0.15, -0.1) is 0 Å². The predicted molar refractivity (Wildman–Crippen MR) is 115 cm³/mol. The van der Waals surface area contributed by atoms with Crippen LogP contribution in [0.3, 0.4) is 0 Å². The van der Waals surface area contributed by atoms with Gasteiger partial charge in [0.05, 0.1) is 28.8 Å². The number of nitrogens with one attached hydrogen (secondary N) is 1. The van der Waals surface area contributed by atoms with Crippen molar-refractivity contribution in [3.8, 4) is 11.3 Å². The minimum Gasteiger partial charge on any atom is -0.377 e. The molecule has 0 atom stereocenters. The molecule has 2 heterocycles. The first kappa shape index (κ1) is 21.7. The highest BCUT2D eigenvalue weighted by Crippen LogP contribution is 2.36. The first-order valence-corrected chi connectivity index (χ1v) is 10.1. The van der Waals surface area contributed by atoms with E-state index in [4.69, 9.17) is 4.74 Å². The number of H-pyrrole nitrogens is 1. The molecule has 0 fully saturated rings. The zero-order valence-electron chi connectivity index (χ0n) is 17.0. The van der Waals surface area contributed by atoms with Gasteiger partial charge < -0.3 is 9.72 Å². The standard InChI is InChI=1S/C24H20F3N3O2/c25-24(26,27)19-8-4-12-28-22(19)17-10-11-18-20(14-17)29-21(30-23(18)31)9-5-13-32-15-16-6-2-1-3-7-16/h1-4,6-8,10-12,14H,5,9,13,15H2,(H,29,30,31). The Hall–Kier alpha value is -3.52. The van der Waals surface area contributed by atoms with Crippen molar-refractivity contribution < 1.29 is 17.9 Å². The maximum atomic E-state index is 13.4. The number of fused-ring (bicyclic) bond motifs is 1. The Kier molecular flexibility index (Phi) is 6.32. The van der Waals surface area contributed by atoms with Crippen LogP contribution >= 0.6 is 0 Å². The van der Waals surface area contributed by atoms with Gasteiger partial charge in [0.25, 0.3) is 5.56 Å². The Morgan fingerprint density at radius 2 is 1.81 bits per heavy atom. The van der Waals surface area contributed by atoms with Gasteiger partial charge >= 0.3 is 6.18 Å². The van der Waals surface area contributed by atoms with E-state index < -0.39 is 11.7 Å². The number of ether oxygens (including phenoxy) is 1. The zero-order chi connectivity index (χ0) is 22.6. The Balaban J connectivity index is 1.51. The molecule has 4 rings (SSSR count). The van der Waals surface area contributed by atoms with E-state index in [-0.39, 0.29) is 16.8 Å². The van der Waals surface area contributed by atoms with E-state index in [1.54, 1.807) is 0 Å². The summed E-state index contributed by atoms with van der Waals surface area (Å²) >= 11 is 0. The second kappa shape index (κ2) is 9.32. The molecule has 0 aliphatic rings. The zero-order valence-corrected chi connectivity index (χ0v) is 17.0. The summed E-state index contributed by atoms with van der Waals surface area (Å²) in [6.07, 6.45) is -2.12. The van der Waals surface area contributed by atoms with E-state index in [9.17, 15) is 18.0 Å². The van der Waals surface area contributed by atoms with Gasteiger partial charge in [0.15, 0.2) is 0 Å². The number of aryl methyl sites for hydroxylation is 1. The van der Waals surface area contributed by atoms with Crippen LogP contribution in [0.5, 0.6) is 0 Å². The van der Waals surface area contributed by atoms with E-state index in [0.29, 0.717) is 42.8 Å². The lowest BCUT2D eigenvalue weighted by Gasteiger charge is -2.12. The maximum absolute atomic E-state index is 13.4. The molecule has 164 valence electrons. The molecule has 4 aromatic rings. The molecule has 32 heavy (non-hydrogen) atoms. The maximum Gasteiger partial charge on any atom is 0.418 e. The van der Waals surface area contributed by atoms with Crippen LogP contribution < -0.4 is 5.56 Å². The van der Waals surface area contributed by atoms with Crippen molar-refractivity contribution in [2.24, 2.45) is 0 Å². The quantitative estimate of drug-likeness (QED) is 0.404. The van der Waals surface area contributed by atoms with Crippen molar-refractivity contribution in [3.63, 3.8) is 0 Å². The number of nitrogens with zero attached hydrogens (tertiary/aromatic N) is 2. The van der Waals surface area contributed by atoms with Gasteiger partial charge in [-0.25, -0.2) is 4.98 Å². The number of alkyl halides is 3. The second-order valence-electron chi connectivity index (χ2n) is 7.28. The van der Waals surface area contributed by atoms with Crippen LogP contribution in [-0.2, 0) is 23.9 Å². The minimum absolute atomic E-state index is 0.195. The van der Waals surface area contributed by atoms with E-state index in [2.05, 4.69) is 15.0 Å². The highest BCUT2D eigenvalue weighted by Gasteiger charge is 2.34. The molecule has 0 saturated heterocycles. The fourth-order valence-electron chi connectivity index (χ4n) is 3.42. The van der Waals surface area contributed by atoms with Gasteiger partial charge in [0.2, 0.25) is 0 Å². The van der Waals surface area contributed by atoms with Crippen LogP contribution in [0.15, 0.2) is 71.7 Å². The smallest absolute Gasteiger partial charge is 0.377 e. The van der Waals surface area contributed by atoms with Crippen molar-refractivity contribution in [2.45, 2.75) is 25.6 Å². The average molecular weight is 439 g/mol. The highest BCUT2D eigenvalue weighted by molar-refractivity contribution is 5.83. The van der Waals surface area contributed by atoms with Crippen LogP contribution in [0.1, 0.15) is 23.4 Å². The number of hydrogen-bond donors (Lipinski definition) is 1. The summed E-state index contributed by atoms with van der Waals surface area (Å²) in [5.74, 6) is 0.458. The first-order chi connectivity index (χ1) is 15.4. The molecule has 0 bridgehead atoms. The predicted octanol–water partition coefficient (Wildman–Crippen LogP) is 5.15. The Labute approximate surface area is 181 Å². The largest absolute Gasteiger partial charge is 0.418 e. The SMILES string of the molecule is O=c1[nH]c(CCCOCc2ccccc2)nc2cc(-c3ncccc3C(F)(F)F)ccc12. The molecule has 0 saturated carbocycles. The van der Waals surface area contributed by atoms with Crippen molar-refractivity contribution in [1.82, 2.24) is 15.0 Å². The number of rotatable bonds is 7. The first-order valence-electron chi connectivity index (χ1n) is 10.1. The molecule has 0 spiro atoms. The van der Waals surface area contributed by atoms with Crippen molar-refractivity contribution >= 4 is 10.9 Å². The summed E-state index contributed by atoms with van der Waals surface area (Å²) in [6.45, 7) is 0.983. The van der Waals surface area contributed by atoms with Crippen LogP contribution in [-0.4, -0.2) is 21.6 Å². The summed E-state index contributed by atoms with van der Waals surface area (Å²) in [7, 11) is 0. The molecule has 0 aliphatic carbocycles. The molecule has 2 aromatic carbocycles. The van der Waals surface area contributed by atoms with E-state index in [1.807, 2.05) is 30.3 Å². The summed E-state index contributed by atoms with van der Waals surface area (Å²) in [4.78, 5) is 23.5. The topological polar surface area (TPSA) is 67.9 Å². The number of pyridine rings is 1. The fourth-order valence-corrected chi connectivity index (χ4v) is 3.42. The lowest BCUT2D eigenvalue weighted by Crippen LogP contribution is -2.13. The molecule has 0 aliphatic heterocycles. The van der Waals surface area contributed by atoms with E-state index in [0.717, 1.165) is 11.6 Å². The average Bonchev–Trinajstić information content (AvgIpc) is 2.78. The van der Waals surface area contributed by atoms with Crippen LogP contribution in [0.25, 0.3) is 22.2 Å². The third-order valence-corrected chi connectivity index (χ3v) is 4.96. The van der Waals surface area contributed by atoms with Crippen molar-refractivity contribution in [1.29, 1.82) is 0 Å². The number of halogens is 3. The van der Waals surface area contributed by atoms with Gasteiger partial charge in [0, 0.05) is 24.8 Å². The Morgan fingerprint density at radius 1 is 1.00 bits per heavy atom. The molecule has 0 amide bonds. The molecule has 1 N–H and O–H groups in total. The second-order valence-corrected chi connectivity index (χ2v) is 7.28. The van der Waals surface area contributed by atoms with Gasteiger partial charge in [-0.05, 0) is 36.2 Å². The normalized spacial score (nSPS) is 11.7. The molecule has 8 heteroatoms. The third kappa shape index (κ3) is 5.03. The molecular weight excluding hydrogens is 419 g/mol. The molecule has 2 aromatic heterocycles. The van der Waals surface area contributed by atoms with Crippen LogP contribution in [0.4, 0.5) is 13.2 Å². The number of aromatic amines is 1. The summed E-state index contributed by atoms with van der Waals surface area (Å²) < 4.78 is 45.7. The third-order valence-electron chi connectivity index (χ3n) is 4.96. The van der Waals surface area contributed by atoms with E-state index in [1.165, 1.54) is 30.5 Å². The molecular formula is C24H20F3N3O2. The van der Waals surface area contributed by atoms with Gasteiger partial charge in [0.1, 0.15) is 5.82 Å². The summed E-state index contributed by atoms with van der Waals surface area (Å²) in [5.41, 5.74) is 0.287. The van der Waals surface area contributed by atoms with Gasteiger partial charge in [-0.2, -0.15) is 13.2 Å². The summed E-state index contributed by atoms with van der Waals surface area (Å²) in [6, 6.07) is 16.4. The lowest BCUT2D eigenvalue weighted by atomic mass is 10.0. The van der Waals surface area contributed by atoms with Crippen LogP contribution in [0.2, 0.25) is 0 Å². The Bertz CT molecular complexity index is 1270. The number of benzene rings is 2. The lowest BCUT2D eigenvalue weighted by molar-refractivity contribution is -0.137.